The molecule has 1 amide bonds. The summed E-state index contributed by atoms with van der Waals surface area (Å²) >= 11 is 6.40. The van der Waals surface area contributed by atoms with Crippen molar-refractivity contribution < 1.29 is 14.3 Å². The maximum Gasteiger partial charge on any atom is 0.234 e. The van der Waals surface area contributed by atoms with Gasteiger partial charge < -0.3 is 19.7 Å². The van der Waals surface area contributed by atoms with E-state index in [1.807, 2.05) is 25.1 Å². The molecule has 0 aliphatic heterocycles. The molecule has 1 rings (SSSR count). The predicted molar refractivity (Wildman–Crippen MR) is 103 cm³/mol. The summed E-state index contributed by atoms with van der Waals surface area (Å²) in [4.78, 5) is 13.6. The van der Waals surface area contributed by atoms with Crippen LogP contribution in [0.5, 0.6) is 11.5 Å². The van der Waals surface area contributed by atoms with Gasteiger partial charge in [0, 0.05) is 13.1 Å². The number of carbonyl (C=O) groups is 1. The lowest BCUT2D eigenvalue weighted by molar-refractivity contribution is -0.120. The van der Waals surface area contributed by atoms with Crippen LogP contribution in [0, 0.1) is 11.3 Å². The van der Waals surface area contributed by atoms with Crippen molar-refractivity contribution >= 4 is 17.5 Å². The second kappa shape index (κ2) is 12.4. The highest BCUT2D eigenvalue weighted by Gasteiger charge is 2.13. The van der Waals surface area contributed by atoms with E-state index in [0.29, 0.717) is 42.7 Å². The Bertz CT molecular complexity index is 613. The van der Waals surface area contributed by atoms with E-state index in [1.165, 1.54) is 0 Å². The first-order valence-corrected chi connectivity index (χ1v) is 9.37. The first-order chi connectivity index (χ1) is 12.5. The lowest BCUT2D eigenvalue weighted by Gasteiger charge is -2.20. The third-order valence-electron chi connectivity index (χ3n) is 3.89. The molecular formula is C19H28ClN3O3. The van der Waals surface area contributed by atoms with Crippen LogP contribution >= 0.6 is 11.6 Å². The topological polar surface area (TPSA) is 74.6 Å². The van der Waals surface area contributed by atoms with Crippen molar-refractivity contribution in [2.45, 2.75) is 33.6 Å². The van der Waals surface area contributed by atoms with Gasteiger partial charge >= 0.3 is 0 Å². The number of amides is 1. The second-order valence-corrected chi connectivity index (χ2v) is 6.06. The number of halogens is 1. The van der Waals surface area contributed by atoms with Crippen LogP contribution in [0.2, 0.25) is 5.02 Å². The molecule has 0 saturated carbocycles. The number of likely N-dealkylation sites (N-methyl/N-ethyl adjacent to an activating group) is 1. The molecule has 0 spiro atoms. The second-order valence-electron chi connectivity index (χ2n) is 5.65. The largest absolute Gasteiger partial charge is 0.490 e. The normalized spacial score (nSPS) is 10.5. The highest BCUT2D eigenvalue weighted by molar-refractivity contribution is 6.32. The van der Waals surface area contributed by atoms with Gasteiger partial charge in [-0.15, -0.1) is 0 Å². The van der Waals surface area contributed by atoms with Crippen molar-refractivity contribution in [2.75, 3.05) is 39.4 Å². The fourth-order valence-electron chi connectivity index (χ4n) is 2.47. The van der Waals surface area contributed by atoms with Crippen molar-refractivity contribution in [1.29, 1.82) is 5.26 Å². The number of hydrogen-bond donors (Lipinski definition) is 1. The van der Waals surface area contributed by atoms with Gasteiger partial charge in [0.25, 0.3) is 0 Å². The fraction of sp³-hybridized carbons (Fsp3) is 0.579. The predicted octanol–water partition coefficient (Wildman–Crippen LogP) is 3.03. The molecule has 0 radical (unpaired) electrons. The van der Waals surface area contributed by atoms with E-state index >= 15 is 0 Å². The Morgan fingerprint density at radius 2 is 2.00 bits per heavy atom. The summed E-state index contributed by atoms with van der Waals surface area (Å²) in [5.41, 5.74) is 0.937. The summed E-state index contributed by atoms with van der Waals surface area (Å²) in [5.74, 6) is 0.885. The van der Waals surface area contributed by atoms with E-state index in [4.69, 9.17) is 26.3 Å². The number of nitriles is 1. The molecule has 0 heterocycles. The minimum Gasteiger partial charge on any atom is -0.490 e. The molecule has 6 nitrogen and oxygen atoms in total. The van der Waals surface area contributed by atoms with E-state index in [-0.39, 0.29) is 12.3 Å². The molecule has 0 unspecified atom stereocenters. The molecule has 0 aliphatic rings. The molecule has 1 aromatic rings. The van der Waals surface area contributed by atoms with E-state index in [1.54, 1.807) is 0 Å². The average Bonchev–Trinajstić information content (AvgIpc) is 2.61. The Morgan fingerprint density at radius 3 is 2.62 bits per heavy atom. The molecule has 0 bridgehead atoms. The van der Waals surface area contributed by atoms with Gasteiger partial charge in [-0.3, -0.25) is 4.79 Å². The summed E-state index contributed by atoms with van der Waals surface area (Å²) in [7, 11) is 0. The van der Waals surface area contributed by atoms with Gasteiger partial charge in [-0.2, -0.15) is 5.26 Å². The van der Waals surface area contributed by atoms with Crippen LogP contribution in [0.4, 0.5) is 0 Å². The van der Waals surface area contributed by atoms with Gasteiger partial charge in [0.15, 0.2) is 11.5 Å². The number of ether oxygens (including phenoxy) is 2. The number of carbonyl (C=O) groups excluding carboxylic acids is 1. The van der Waals surface area contributed by atoms with Gasteiger partial charge in [-0.05, 0) is 44.1 Å². The molecule has 0 saturated heterocycles. The Balaban J connectivity index is 2.73. The lowest BCUT2D eigenvalue weighted by atomic mass is 10.1. The maximum atomic E-state index is 11.3. The number of hydrogen-bond acceptors (Lipinski definition) is 5. The number of nitrogens with zero attached hydrogens (tertiary/aromatic N) is 2. The SMILES string of the molecule is CCOc1cc(CCNC(=O)CC#N)cc(Cl)c1OCCN(CC)CC. The van der Waals surface area contributed by atoms with Crippen molar-refractivity contribution in [3.63, 3.8) is 0 Å². The zero-order valence-electron chi connectivity index (χ0n) is 15.8. The Labute approximate surface area is 161 Å². The molecule has 144 valence electrons. The zero-order valence-corrected chi connectivity index (χ0v) is 16.6. The summed E-state index contributed by atoms with van der Waals surface area (Å²) in [6.45, 7) is 10.4. The van der Waals surface area contributed by atoms with Gasteiger partial charge in [-0.1, -0.05) is 25.4 Å². The van der Waals surface area contributed by atoms with Crippen LogP contribution in [-0.2, 0) is 11.2 Å². The van der Waals surface area contributed by atoms with Crippen LogP contribution in [0.3, 0.4) is 0 Å². The minimum atomic E-state index is -0.278. The van der Waals surface area contributed by atoms with Crippen molar-refractivity contribution in [1.82, 2.24) is 10.2 Å². The van der Waals surface area contributed by atoms with Crippen molar-refractivity contribution in [3.05, 3.63) is 22.7 Å². The van der Waals surface area contributed by atoms with Gasteiger partial charge in [0.2, 0.25) is 5.91 Å². The monoisotopic (exact) mass is 381 g/mol. The standard InChI is InChI=1S/C19H28ClN3O3/c1-4-23(5-2)11-12-26-19-16(20)13-15(14-17(19)25-6-3)8-10-22-18(24)7-9-21/h13-14H,4-8,10-12H2,1-3H3,(H,22,24). The third kappa shape index (κ3) is 7.51. The van der Waals surface area contributed by atoms with E-state index in [2.05, 4.69) is 24.1 Å². The van der Waals surface area contributed by atoms with Gasteiger partial charge in [-0.25, -0.2) is 0 Å². The average molecular weight is 382 g/mol. The minimum absolute atomic E-state index is 0.135. The molecular weight excluding hydrogens is 354 g/mol. The molecule has 1 aromatic carbocycles. The molecule has 0 aromatic heterocycles. The maximum absolute atomic E-state index is 11.3. The number of nitrogens with one attached hydrogen (secondary N) is 1. The van der Waals surface area contributed by atoms with Crippen LogP contribution < -0.4 is 14.8 Å². The van der Waals surface area contributed by atoms with Crippen LogP contribution in [0.15, 0.2) is 12.1 Å². The molecule has 0 fully saturated rings. The van der Waals surface area contributed by atoms with Crippen molar-refractivity contribution in [2.24, 2.45) is 0 Å². The molecule has 26 heavy (non-hydrogen) atoms. The molecule has 0 atom stereocenters. The van der Waals surface area contributed by atoms with Crippen LogP contribution in [0.1, 0.15) is 32.8 Å². The number of rotatable bonds is 12. The van der Waals surface area contributed by atoms with Gasteiger partial charge in [0.05, 0.1) is 17.7 Å². The van der Waals surface area contributed by atoms with E-state index < -0.39 is 0 Å². The first-order valence-electron chi connectivity index (χ1n) is 8.99. The van der Waals surface area contributed by atoms with Gasteiger partial charge in [0.1, 0.15) is 13.0 Å². The first kappa shape index (κ1) is 22.1. The summed E-state index contributed by atoms with van der Waals surface area (Å²) in [6.07, 6.45) is 0.459. The molecule has 0 aliphatic carbocycles. The lowest BCUT2D eigenvalue weighted by Crippen LogP contribution is -2.28. The van der Waals surface area contributed by atoms with E-state index in [9.17, 15) is 4.79 Å². The van der Waals surface area contributed by atoms with Crippen LogP contribution in [0.25, 0.3) is 0 Å². The number of benzene rings is 1. The zero-order chi connectivity index (χ0) is 19.4. The van der Waals surface area contributed by atoms with Crippen LogP contribution in [-0.4, -0.2) is 50.2 Å². The Morgan fingerprint density at radius 1 is 1.27 bits per heavy atom. The summed E-state index contributed by atoms with van der Waals surface area (Å²) in [5, 5.41) is 11.7. The Kier molecular flexibility index (Phi) is 10.5. The summed E-state index contributed by atoms with van der Waals surface area (Å²) in [6, 6.07) is 5.54. The smallest absolute Gasteiger partial charge is 0.234 e. The third-order valence-corrected chi connectivity index (χ3v) is 4.17. The fourth-order valence-corrected chi connectivity index (χ4v) is 2.75. The quantitative estimate of drug-likeness (QED) is 0.602. The highest BCUT2D eigenvalue weighted by Crippen LogP contribution is 2.36. The highest BCUT2D eigenvalue weighted by atomic mass is 35.5. The molecule has 7 heteroatoms. The molecule has 1 N–H and O–H groups in total. The summed E-state index contributed by atoms with van der Waals surface area (Å²) < 4.78 is 11.6. The van der Waals surface area contributed by atoms with E-state index in [0.717, 1.165) is 25.2 Å². The van der Waals surface area contributed by atoms with Crippen molar-refractivity contribution in [3.8, 4) is 17.6 Å². The Hall–Kier alpha value is -1.97.